The van der Waals surface area contributed by atoms with Gasteiger partial charge < -0.3 is 10.2 Å². The van der Waals surface area contributed by atoms with Crippen molar-refractivity contribution in [1.29, 1.82) is 0 Å². The van der Waals surface area contributed by atoms with Gasteiger partial charge in [-0.1, -0.05) is 38.8 Å². The molecule has 1 heterocycles. The third kappa shape index (κ3) is 5.20. The number of rotatable bonds is 7. The predicted octanol–water partition coefficient (Wildman–Crippen LogP) is 2.84. The first-order valence-electron chi connectivity index (χ1n) is 9.53. The summed E-state index contributed by atoms with van der Waals surface area (Å²) < 4.78 is 27.1. The van der Waals surface area contributed by atoms with Crippen molar-refractivity contribution in [3.63, 3.8) is 0 Å². The second-order valence-corrected chi connectivity index (χ2v) is 8.86. The largest absolute Gasteiger partial charge is 0.336 e. The molecule has 0 aromatic heterocycles. The molecule has 1 aliphatic heterocycles. The van der Waals surface area contributed by atoms with E-state index in [9.17, 15) is 13.2 Å². The van der Waals surface area contributed by atoms with Crippen LogP contribution < -0.4 is 5.32 Å². The fourth-order valence-corrected chi connectivity index (χ4v) is 4.63. The van der Waals surface area contributed by atoms with Gasteiger partial charge in [-0.3, -0.25) is 0 Å². The number of carbonyl (C=O) groups is 1. The molecule has 1 N–H and O–H groups in total. The number of carbonyl (C=O) groups excluding carboxylic acids is 1. The van der Waals surface area contributed by atoms with Crippen LogP contribution in [0.1, 0.15) is 45.6 Å². The lowest BCUT2D eigenvalue weighted by Crippen LogP contribution is -2.54. The molecule has 2 rings (SSSR count). The monoisotopic (exact) mass is 381 g/mol. The molecule has 1 aromatic rings. The molecule has 26 heavy (non-hydrogen) atoms. The van der Waals surface area contributed by atoms with Gasteiger partial charge in [-0.05, 0) is 37.5 Å². The zero-order valence-electron chi connectivity index (χ0n) is 16.1. The lowest BCUT2D eigenvalue weighted by atomic mass is 10.1. The zero-order valence-corrected chi connectivity index (χ0v) is 16.9. The van der Waals surface area contributed by atoms with Gasteiger partial charge in [0.05, 0.1) is 4.90 Å². The van der Waals surface area contributed by atoms with Gasteiger partial charge in [-0.2, -0.15) is 4.31 Å². The summed E-state index contributed by atoms with van der Waals surface area (Å²) in [5, 5.41) is 2.97. The molecule has 1 aromatic carbocycles. The third-order valence-corrected chi connectivity index (χ3v) is 6.63. The molecule has 1 atom stereocenters. The quantitative estimate of drug-likeness (QED) is 0.789. The van der Waals surface area contributed by atoms with Gasteiger partial charge >= 0.3 is 6.03 Å². The SMILES string of the molecule is CCCc1ccc(S(=O)(=O)N2CCN(C(=O)N[C@@H](C)CCC)CC2)cc1. The molecule has 146 valence electrons. The topological polar surface area (TPSA) is 69.7 Å². The summed E-state index contributed by atoms with van der Waals surface area (Å²) in [6.07, 6.45) is 3.94. The minimum Gasteiger partial charge on any atom is -0.336 e. The van der Waals surface area contributed by atoms with Crippen molar-refractivity contribution in [2.24, 2.45) is 0 Å². The van der Waals surface area contributed by atoms with Crippen molar-refractivity contribution < 1.29 is 13.2 Å². The fraction of sp³-hybridized carbons (Fsp3) is 0.632. The number of hydrogen-bond acceptors (Lipinski definition) is 3. The number of aryl methyl sites for hydroxylation is 1. The second kappa shape index (κ2) is 9.37. The molecule has 0 radical (unpaired) electrons. The Morgan fingerprint density at radius 3 is 2.23 bits per heavy atom. The lowest BCUT2D eigenvalue weighted by molar-refractivity contribution is 0.169. The Bertz CT molecular complexity index is 680. The molecule has 0 saturated carbocycles. The summed E-state index contributed by atoms with van der Waals surface area (Å²) in [7, 11) is -3.50. The van der Waals surface area contributed by atoms with Crippen LogP contribution in [-0.2, 0) is 16.4 Å². The first kappa shape index (κ1) is 20.7. The van der Waals surface area contributed by atoms with Crippen LogP contribution in [0.4, 0.5) is 4.79 Å². The third-order valence-electron chi connectivity index (χ3n) is 4.72. The van der Waals surface area contributed by atoms with Crippen LogP contribution in [-0.4, -0.2) is 55.9 Å². The number of urea groups is 1. The van der Waals surface area contributed by atoms with Crippen molar-refractivity contribution in [2.75, 3.05) is 26.2 Å². The van der Waals surface area contributed by atoms with E-state index in [0.717, 1.165) is 31.2 Å². The molecule has 0 aliphatic carbocycles. The van der Waals surface area contributed by atoms with Gasteiger partial charge in [0.1, 0.15) is 0 Å². The molecule has 7 heteroatoms. The van der Waals surface area contributed by atoms with Crippen LogP contribution in [0.2, 0.25) is 0 Å². The van der Waals surface area contributed by atoms with Crippen LogP contribution >= 0.6 is 0 Å². The Labute approximate surface area is 157 Å². The first-order valence-corrected chi connectivity index (χ1v) is 11.0. The summed E-state index contributed by atoms with van der Waals surface area (Å²) >= 11 is 0. The number of hydrogen-bond donors (Lipinski definition) is 1. The molecule has 0 unspecified atom stereocenters. The number of nitrogens with one attached hydrogen (secondary N) is 1. The number of sulfonamides is 1. The predicted molar refractivity (Wildman–Crippen MR) is 104 cm³/mol. The standard InChI is InChI=1S/C19H31N3O3S/c1-4-6-16(3)20-19(23)21-12-14-22(15-13-21)26(24,25)18-10-8-17(7-5-2)9-11-18/h8-11,16H,4-7,12-15H2,1-3H3,(H,20,23)/t16-/m0/s1. The Morgan fingerprint density at radius 1 is 1.08 bits per heavy atom. The maximum atomic E-state index is 12.8. The first-order chi connectivity index (χ1) is 12.4. The summed E-state index contributed by atoms with van der Waals surface area (Å²) in [5.41, 5.74) is 1.15. The van der Waals surface area contributed by atoms with Crippen LogP contribution in [0.25, 0.3) is 0 Å². The van der Waals surface area contributed by atoms with E-state index in [0.29, 0.717) is 31.1 Å². The molecular formula is C19H31N3O3S. The smallest absolute Gasteiger partial charge is 0.317 e. The number of nitrogens with zero attached hydrogens (tertiary/aromatic N) is 2. The Balaban J connectivity index is 1.94. The van der Waals surface area contributed by atoms with Crippen LogP contribution in [0.5, 0.6) is 0 Å². The van der Waals surface area contributed by atoms with E-state index >= 15 is 0 Å². The maximum absolute atomic E-state index is 12.8. The normalized spacial score (nSPS) is 17.1. The maximum Gasteiger partial charge on any atom is 0.317 e. The highest BCUT2D eigenvalue weighted by atomic mass is 32.2. The Morgan fingerprint density at radius 2 is 1.69 bits per heavy atom. The zero-order chi connectivity index (χ0) is 19.2. The van der Waals surface area contributed by atoms with E-state index in [1.165, 1.54) is 4.31 Å². The minimum atomic E-state index is -3.50. The lowest BCUT2D eigenvalue weighted by Gasteiger charge is -2.34. The molecule has 1 aliphatic rings. The molecule has 0 spiro atoms. The average molecular weight is 382 g/mol. The van der Waals surface area contributed by atoms with Crippen molar-refractivity contribution in [3.05, 3.63) is 29.8 Å². The Kier molecular flexibility index (Phi) is 7.46. The highest BCUT2D eigenvalue weighted by Crippen LogP contribution is 2.19. The second-order valence-electron chi connectivity index (χ2n) is 6.92. The molecule has 1 fully saturated rings. The van der Waals surface area contributed by atoms with E-state index in [4.69, 9.17) is 0 Å². The summed E-state index contributed by atoms with van der Waals surface area (Å²) in [4.78, 5) is 14.3. The van der Waals surface area contributed by atoms with E-state index in [1.54, 1.807) is 17.0 Å². The summed E-state index contributed by atoms with van der Waals surface area (Å²) in [6.45, 7) is 7.66. The average Bonchev–Trinajstić information content (AvgIpc) is 2.62. The van der Waals surface area contributed by atoms with Gasteiger partial charge in [-0.25, -0.2) is 13.2 Å². The van der Waals surface area contributed by atoms with E-state index in [2.05, 4.69) is 19.2 Å². The van der Waals surface area contributed by atoms with E-state index in [-0.39, 0.29) is 12.1 Å². The van der Waals surface area contributed by atoms with Crippen LogP contribution in [0, 0.1) is 0 Å². The highest BCUT2D eigenvalue weighted by Gasteiger charge is 2.30. The fourth-order valence-electron chi connectivity index (χ4n) is 3.20. The van der Waals surface area contributed by atoms with Gasteiger partial charge in [0, 0.05) is 32.2 Å². The van der Waals surface area contributed by atoms with Gasteiger partial charge in [-0.15, -0.1) is 0 Å². The summed E-state index contributed by atoms with van der Waals surface area (Å²) in [6, 6.07) is 7.17. The van der Waals surface area contributed by atoms with Crippen LogP contribution in [0.3, 0.4) is 0 Å². The molecule has 2 amide bonds. The van der Waals surface area contributed by atoms with Gasteiger partial charge in [0.2, 0.25) is 10.0 Å². The van der Waals surface area contributed by atoms with Crippen molar-refractivity contribution in [2.45, 2.75) is 57.4 Å². The van der Waals surface area contributed by atoms with Crippen molar-refractivity contribution in [3.8, 4) is 0 Å². The van der Waals surface area contributed by atoms with Gasteiger partial charge in [0.15, 0.2) is 0 Å². The van der Waals surface area contributed by atoms with Crippen molar-refractivity contribution >= 4 is 16.1 Å². The highest BCUT2D eigenvalue weighted by molar-refractivity contribution is 7.89. The van der Waals surface area contributed by atoms with E-state index in [1.807, 2.05) is 19.1 Å². The van der Waals surface area contributed by atoms with E-state index < -0.39 is 10.0 Å². The minimum absolute atomic E-state index is 0.105. The van der Waals surface area contributed by atoms with Crippen molar-refractivity contribution in [1.82, 2.24) is 14.5 Å². The molecule has 1 saturated heterocycles. The number of piperazine rings is 1. The molecule has 6 nitrogen and oxygen atoms in total. The van der Waals surface area contributed by atoms with Crippen LogP contribution in [0.15, 0.2) is 29.2 Å². The number of benzene rings is 1. The molecule has 0 bridgehead atoms. The Hall–Kier alpha value is -1.60. The molecular weight excluding hydrogens is 350 g/mol. The summed E-state index contributed by atoms with van der Waals surface area (Å²) in [5.74, 6) is 0. The number of amides is 2. The van der Waals surface area contributed by atoms with Gasteiger partial charge in [0.25, 0.3) is 0 Å².